The van der Waals surface area contributed by atoms with Gasteiger partial charge in [0.2, 0.25) is 0 Å². The summed E-state index contributed by atoms with van der Waals surface area (Å²) in [5.41, 5.74) is -1.23. The number of esters is 1. The van der Waals surface area contributed by atoms with Gasteiger partial charge < -0.3 is 9.84 Å². The quantitative estimate of drug-likeness (QED) is 0.523. The summed E-state index contributed by atoms with van der Waals surface area (Å²) < 4.78 is 20.4. The molecule has 5 nitrogen and oxygen atoms in total. The number of carbonyl (C=O) groups is 3. The first-order valence-electron chi connectivity index (χ1n) is 11.0. The molecule has 0 radical (unpaired) electrons. The number of ether oxygens (including phenoxy) is 1. The number of halogens is 2. The number of alkyl halides is 2. The van der Waals surface area contributed by atoms with Crippen molar-refractivity contribution >= 4 is 29.1 Å². The highest BCUT2D eigenvalue weighted by Gasteiger charge is 2.71. The molecule has 1 N–H and O–H groups in total. The molecule has 4 aliphatic carbocycles. The largest absolute Gasteiger partial charge is 0.458 e. The van der Waals surface area contributed by atoms with Crippen LogP contribution in [0.15, 0.2) is 23.8 Å². The zero-order valence-electron chi connectivity index (χ0n) is 18.4. The van der Waals surface area contributed by atoms with Gasteiger partial charge in [-0.3, -0.25) is 14.4 Å². The van der Waals surface area contributed by atoms with Crippen LogP contribution in [0, 0.1) is 34.5 Å². The Kier molecular flexibility index (Phi) is 5.29. The second-order valence-electron chi connectivity index (χ2n) is 10.4. The van der Waals surface area contributed by atoms with Crippen LogP contribution in [0.2, 0.25) is 0 Å². The summed E-state index contributed by atoms with van der Waals surface area (Å²) in [7, 11) is 0. The molecule has 0 bridgehead atoms. The predicted molar refractivity (Wildman–Crippen MR) is 113 cm³/mol. The van der Waals surface area contributed by atoms with Crippen LogP contribution in [0.3, 0.4) is 0 Å². The van der Waals surface area contributed by atoms with Crippen LogP contribution in [-0.4, -0.2) is 46.4 Å². The Labute approximate surface area is 187 Å². The minimum Gasteiger partial charge on any atom is -0.458 e. The molecule has 3 fully saturated rings. The average Bonchev–Trinajstić information content (AvgIpc) is 2.94. The van der Waals surface area contributed by atoms with Crippen LogP contribution in [0.25, 0.3) is 0 Å². The van der Waals surface area contributed by atoms with E-state index in [9.17, 15) is 19.5 Å². The molecule has 4 rings (SSSR count). The summed E-state index contributed by atoms with van der Waals surface area (Å²) >= 11 is 7.29. The maximum atomic E-state index is 15.4. The highest BCUT2D eigenvalue weighted by atomic mass is 35.5. The second-order valence-corrected chi connectivity index (χ2v) is 11.0. The second kappa shape index (κ2) is 7.24. The number of aliphatic hydroxyl groups is 1. The fourth-order valence-corrected chi connectivity index (χ4v) is 8.01. The van der Waals surface area contributed by atoms with Crippen molar-refractivity contribution in [1.29, 1.82) is 0 Å². The third-order valence-electron chi connectivity index (χ3n) is 8.73. The van der Waals surface area contributed by atoms with Crippen LogP contribution in [0.5, 0.6) is 0 Å². The number of allylic oxidation sites excluding steroid dienone is 4. The average molecular weight is 453 g/mol. The Bertz CT molecular complexity index is 898. The summed E-state index contributed by atoms with van der Waals surface area (Å²) in [6.45, 7) is 6.75. The highest BCUT2D eigenvalue weighted by Crippen LogP contribution is 2.70. The first kappa shape index (κ1) is 22.7. The van der Waals surface area contributed by atoms with Gasteiger partial charge in [0.1, 0.15) is 12.8 Å². The van der Waals surface area contributed by atoms with Gasteiger partial charge in [0.25, 0.3) is 0 Å². The number of hydrogen-bond acceptors (Lipinski definition) is 5. The molecule has 0 aromatic carbocycles. The van der Waals surface area contributed by atoms with E-state index in [4.69, 9.17) is 16.3 Å². The van der Waals surface area contributed by atoms with E-state index >= 15 is 4.39 Å². The number of rotatable bonds is 3. The van der Waals surface area contributed by atoms with Crippen molar-refractivity contribution in [1.82, 2.24) is 0 Å². The van der Waals surface area contributed by atoms with Crippen LogP contribution in [0.1, 0.15) is 47.0 Å². The molecule has 4 aliphatic rings. The standard InChI is InChI=1S/C24H30ClFO5/c1-12-7-15-16-9-18(26)17-8-14(28)5-6-23(17,4)24(16,25)20(30)10-22(15,3)21(12)19(29)11-31-13(2)27/h5-6,8,12,15-16,18,20-21,30H,7,9-11H2,1-4H3/t12?,15?,16?,18?,20?,21?,22-,23-,24-/m0/s1. The van der Waals surface area contributed by atoms with Crippen LogP contribution >= 0.6 is 11.6 Å². The van der Waals surface area contributed by atoms with Crippen LogP contribution < -0.4 is 0 Å². The van der Waals surface area contributed by atoms with Gasteiger partial charge in [-0.1, -0.05) is 26.8 Å². The zero-order chi connectivity index (χ0) is 22.9. The number of hydrogen-bond donors (Lipinski definition) is 1. The van der Waals surface area contributed by atoms with Gasteiger partial charge in [-0.15, -0.1) is 11.6 Å². The minimum atomic E-state index is -1.34. The van der Waals surface area contributed by atoms with E-state index in [0.717, 1.165) is 0 Å². The molecular weight excluding hydrogens is 423 g/mol. The van der Waals surface area contributed by atoms with Gasteiger partial charge >= 0.3 is 5.97 Å². The molecule has 0 saturated heterocycles. The van der Waals surface area contributed by atoms with E-state index < -0.39 is 39.9 Å². The maximum absolute atomic E-state index is 15.4. The van der Waals surface area contributed by atoms with Gasteiger partial charge in [0.15, 0.2) is 11.6 Å². The lowest BCUT2D eigenvalue weighted by atomic mass is 9.46. The van der Waals surface area contributed by atoms with Gasteiger partial charge in [-0.25, -0.2) is 4.39 Å². The topological polar surface area (TPSA) is 80.7 Å². The van der Waals surface area contributed by atoms with Gasteiger partial charge in [-0.2, -0.15) is 0 Å². The van der Waals surface area contributed by atoms with Crippen molar-refractivity contribution in [3.8, 4) is 0 Å². The van der Waals surface area contributed by atoms with Crippen molar-refractivity contribution in [3.63, 3.8) is 0 Å². The third-order valence-corrected chi connectivity index (χ3v) is 9.66. The van der Waals surface area contributed by atoms with Crippen molar-refractivity contribution < 1.29 is 28.6 Å². The normalized spacial score (nSPS) is 48.4. The number of aliphatic hydroxyl groups excluding tert-OH is 1. The van der Waals surface area contributed by atoms with Gasteiger partial charge in [0, 0.05) is 18.3 Å². The lowest BCUT2D eigenvalue weighted by Crippen LogP contribution is -2.67. The van der Waals surface area contributed by atoms with E-state index in [0.29, 0.717) is 18.4 Å². The summed E-state index contributed by atoms with van der Waals surface area (Å²) in [6.07, 6.45) is 3.15. The Hall–Kier alpha value is -1.53. The first-order chi connectivity index (χ1) is 14.4. The monoisotopic (exact) mass is 452 g/mol. The molecule has 31 heavy (non-hydrogen) atoms. The lowest BCUT2D eigenvalue weighted by molar-refractivity contribution is -0.152. The first-order valence-corrected chi connectivity index (χ1v) is 11.4. The number of ketones is 2. The van der Waals surface area contributed by atoms with Crippen molar-refractivity contribution in [2.75, 3.05) is 6.61 Å². The van der Waals surface area contributed by atoms with Gasteiger partial charge in [0.05, 0.1) is 11.0 Å². The molecule has 6 unspecified atom stereocenters. The minimum absolute atomic E-state index is 0.00411. The van der Waals surface area contributed by atoms with Crippen molar-refractivity contribution in [2.45, 2.75) is 64.1 Å². The van der Waals surface area contributed by atoms with E-state index in [1.165, 1.54) is 19.1 Å². The summed E-state index contributed by atoms with van der Waals surface area (Å²) in [6, 6.07) is 0. The molecule has 0 amide bonds. The number of Topliss-reactive ketones (excluding diaryl/α,β-unsaturated/α-hetero) is 1. The fraction of sp³-hybridized carbons (Fsp3) is 0.708. The molecule has 0 aliphatic heterocycles. The highest BCUT2D eigenvalue weighted by molar-refractivity contribution is 6.26. The zero-order valence-corrected chi connectivity index (χ0v) is 19.1. The fourth-order valence-electron chi connectivity index (χ4n) is 7.52. The number of carbonyl (C=O) groups excluding carboxylic acids is 3. The third kappa shape index (κ3) is 3.01. The Morgan fingerprint density at radius 1 is 1.29 bits per heavy atom. The molecule has 0 aromatic heterocycles. The summed E-state index contributed by atoms with van der Waals surface area (Å²) in [4.78, 5) is 35.0. The van der Waals surface area contributed by atoms with E-state index in [2.05, 4.69) is 0 Å². The molecular formula is C24H30ClFO5. The lowest BCUT2D eigenvalue weighted by Gasteiger charge is -2.63. The Morgan fingerprint density at radius 2 is 1.97 bits per heavy atom. The molecule has 0 aromatic rings. The van der Waals surface area contributed by atoms with E-state index in [-0.39, 0.29) is 42.3 Å². The van der Waals surface area contributed by atoms with Crippen molar-refractivity contribution in [3.05, 3.63) is 23.8 Å². The van der Waals surface area contributed by atoms with Crippen LogP contribution in [-0.2, 0) is 19.1 Å². The molecule has 0 heterocycles. The molecule has 170 valence electrons. The SMILES string of the molecule is CC(=O)OCC(=O)C1C(C)CC2C3CC(F)C4=CC(=O)C=C[C@]4(C)[C@@]3(Cl)C(O)C[C@@]21C. The van der Waals surface area contributed by atoms with E-state index in [1.54, 1.807) is 13.0 Å². The maximum Gasteiger partial charge on any atom is 0.303 e. The molecule has 7 heteroatoms. The molecule has 9 atom stereocenters. The number of fused-ring (bicyclic) bond motifs is 5. The summed E-state index contributed by atoms with van der Waals surface area (Å²) in [5.74, 6) is -1.79. The van der Waals surface area contributed by atoms with Crippen molar-refractivity contribution in [2.24, 2.45) is 34.5 Å². The molecule has 0 spiro atoms. The van der Waals surface area contributed by atoms with E-state index in [1.807, 2.05) is 13.8 Å². The van der Waals surface area contributed by atoms with Crippen LogP contribution in [0.4, 0.5) is 4.39 Å². The Morgan fingerprint density at radius 3 is 2.61 bits per heavy atom. The predicted octanol–water partition coefficient (Wildman–Crippen LogP) is 3.57. The van der Waals surface area contributed by atoms with Gasteiger partial charge in [-0.05, 0) is 60.2 Å². The summed E-state index contributed by atoms with van der Waals surface area (Å²) in [5, 5.41) is 11.4. The smallest absolute Gasteiger partial charge is 0.303 e. The molecule has 3 saturated carbocycles. The Balaban J connectivity index is 1.74.